The number of phenolic OH excluding ortho intramolecular Hbond substituents is 2. The molecule has 4 atom stereocenters. The molecule has 0 aliphatic carbocycles. The number of aryl methyl sites for hydroxylation is 1. The molecule has 2 N–H and O–H groups in total. The molecule has 29 heavy (non-hydrogen) atoms. The van der Waals surface area contributed by atoms with Gasteiger partial charge in [-0.15, -0.1) is 0 Å². The average Bonchev–Trinajstić information content (AvgIpc) is 3.32. The summed E-state index contributed by atoms with van der Waals surface area (Å²) in [6.45, 7) is 2.94. The Hall–Kier alpha value is -2.64. The number of ether oxygens (including phenoxy) is 5. The van der Waals surface area contributed by atoms with Crippen LogP contribution in [0.4, 0.5) is 0 Å². The molecule has 0 amide bonds. The molecule has 2 fully saturated rings. The largest absolute Gasteiger partial charge is 0.504 e. The maximum Gasteiger partial charge on any atom is 0.200 e. The Labute approximate surface area is 169 Å². The van der Waals surface area contributed by atoms with Crippen LogP contribution < -0.4 is 14.2 Å². The number of rotatable bonds is 5. The molecular formula is C22H26O7. The van der Waals surface area contributed by atoms with Crippen LogP contribution in [0, 0.1) is 18.8 Å². The molecule has 0 radical (unpaired) electrons. The van der Waals surface area contributed by atoms with Gasteiger partial charge in [-0.25, -0.2) is 0 Å². The molecule has 0 spiro atoms. The van der Waals surface area contributed by atoms with E-state index in [4.69, 9.17) is 23.7 Å². The van der Waals surface area contributed by atoms with Gasteiger partial charge in [0.25, 0.3) is 0 Å². The van der Waals surface area contributed by atoms with Crippen LogP contribution in [0.15, 0.2) is 24.3 Å². The zero-order valence-electron chi connectivity index (χ0n) is 17.0. The van der Waals surface area contributed by atoms with E-state index in [1.807, 2.05) is 19.1 Å². The van der Waals surface area contributed by atoms with E-state index in [9.17, 15) is 10.2 Å². The number of aromatic hydroxyl groups is 2. The van der Waals surface area contributed by atoms with E-state index < -0.39 is 0 Å². The normalized spacial score (nSPS) is 25.7. The maximum absolute atomic E-state index is 10.2. The summed E-state index contributed by atoms with van der Waals surface area (Å²) >= 11 is 0. The molecule has 7 nitrogen and oxygen atoms in total. The summed E-state index contributed by atoms with van der Waals surface area (Å²) in [5, 5.41) is 20.3. The Morgan fingerprint density at radius 3 is 1.59 bits per heavy atom. The molecule has 0 aromatic heterocycles. The summed E-state index contributed by atoms with van der Waals surface area (Å²) in [5.74, 6) is 1.57. The zero-order valence-corrected chi connectivity index (χ0v) is 17.0. The highest BCUT2D eigenvalue weighted by molar-refractivity contribution is 5.53. The molecule has 2 aliphatic heterocycles. The molecule has 156 valence electrons. The standard InChI is InChI=1S/C22H26O7/c1-11-5-12(6-16(25-2)19(11)23)21-14-9-29-22(15(14)10-28-21)13-7-17(26-3)20(24)18(8-13)27-4/h5-8,14-15,21-24H,9-10H2,1-4H3/t14?,15?,21-,22-/m1/s1. The van der Waals surface area contributed by atoms with Crippen LogP contribution in [-0.2, 0) is 9.47 Å². The number of hydrogen-bond donors (Lipinski definition) is 2. The van der Waals surface area contributed by atoms with E-state index in [-0.39, 0.29) is 35.5 Å². The predicted molar refractivity (Wildman–Crippen MR) is 105 cm³/mol. The molecular weight excluding hydrogens is 376 g/mol. The van der Waals surface area contributed by atoms with Crippen LogP contribution in [0.5, 0.6) is 28.7 Å². The second-order valence-electron chi connectivity index (χ2n) is 7.50. The monoisotopic (exact) mass is 402 g/mol. The lowest BCUT2D eigenvalue weighted by Crippen LogP contribution is -2.15. The Morgan fingerprint density at radius 2 is 1.14 bits per heavy atom. The Morgan fingerprint density at radius 1 is 0.724 bits per heavy atom. The number of hydrogen-bond acceptors (Lipinski definition) is 7. The van der Waals surface area contributed by atoms with E-state index in [0.717, 1.165) is 16.7 Å². The van der Waals surface area contributed by atoms with Gasteiger partial charge in [-0.1, -0.05) is 0 Å². The van der Waals surface area contributed by atoms with Crippen molar-refractivity contribution in [1.29, 1.82) is 0 Å². The summed E-state index contributed by atoms with van der Waals surface area (Å²) in [6.07, 6.45) is -0.326. The van der Waals surface area contributed by atoms with E-state index >= 15 is 0 Å². The van der Waals surface area contributed by atoms with Gasteiger partial charge in [0.2, 0.25) is 5.75 Å². The van der Waals surface area contributed by atoms with Gasteiger partial charge in [0.15, 0.2) is 23.0 Å². The smallest absolute Gasteiger partial charge is 0.200 e. The van der Waals surface area contributed by atoms with E-state index in [1.165, 1.54) is 21.3 Å². The molecule has 2 aromatic rings. The van der Waals surface area contributed by atoms with Crippen molar-refractivity contribution in [2.75, 3.05) is 34.5 Å². The minimum Gasteiger partial charge on any atom is -0.504 e. The lowest BCUT2D eigenvalue weighted by atomic mass is 9.84. The number of benzene rings is 2. The fourth-order valence-corrected chi connectivity index (χ4v) is 4.41. The van der Waals surface area contributed by atoms with E-state index in [0.29, 0.717) is 30.5 Å². The minimum absolute atomic E-state index is 0.0273. The van der Waals surface area contributed by atoms with Crippen LogP contribution in [-0.4, -0.2) is 44.8 Å². The minimum atomic E-state index is -0.187. The Bertz CT molecular complexity index is 885. The van der Waals surface area contributed by atoms with Gasteiger partial charge in [0.05, 0.1) is 46.8 Å². The molecule has 2 aromatic carbocycles. The van der Waals surface area contributed by atoms with Crippen molar-refractivity contribution < 1.29 is 33.9 Å². The first-order valence-electron chi connectivity index (χ1n) is 9.54. The van der Waals surface area contributed by atoms with E-state index in [2.05, 4.69) is 0 Å². The van der Waals surface area contributed by atoms with Crippen molar-refractivity contribution in [3.8, 4) is 28.7 Å². The first-order chi connectivity index (χ1) is 14.0. The lowest BCUT2D eigenvalue weighted by molar-refractivity contribution is 0.0190. The average molecular weight is 402 g/mol. The van der Waals surface area contributed by atoms with Crippen molar-refractivity contribution in [3.05, 3.63) is 41.0 Å². The van der Waals surface area contributed by atoms with Crippen LogP contribution in [0.3, 0.4) is 0 Å². The first kappa shape index (κ1) is 19.7. The van der Waals surface area contributed by atoms with Gasteiger partial charge in [-0.2, -0.15) is 0 Å². The third kappa shape index (κ3) is 3.24. The third-order valence-corrected chi connectivity index (χ3v) is 5.93. The fourth-order valence-electron chi connectivity index (χ4n) is 4.41. The second-order valence-corrected chi connectivity index (χ2v) is 7.50. The summed E-state index contributed by atoms with van der Waals surface area (Å²) < 4.78 is 28.2. The number of methoxy groups -OCH3 is 3. The van der Waals surface area contributed by atoms with Crippen molar-refractivity contribution in [2.45, 2.75) is 19.1 Å². The second kappa shape index (κ2) is 7.65. The predicted octanol–water partition coefficient (Wildman–Crippen LogP) is 3.51. The molecule has 2 unspecified atom stereocenters. The quantitative estimate of drug-likeness (QED) is 0.791. The van der Waals surface area contributed by atoms with Crippen molar-refractivity contribution in [1.82, 2.24) is 0 Å². The van der Waals surface area contributed by atoms with Gasteiger partial charge in [0, 0.05) is 11.8 Å². The first-order valence-corrected chi connectivity index (χ1v) is 9.54. The summed E-state index contributed by atoms with van der Waals surface area (Å²) in [6, 6.07) is 7.33. The summed E-state index contributed by atoms with van der Waals surface area (Å²) in [7, 11) is 4.55. The number of fused-ring (bicyclic) bond motifs is 1. The molecule has 0 saturated carbocycles. The highest BCUT2D eigenvalue weighted by Gasteiger charge is 2.48. The topological polar surface area (TPSA) is 86.6 Å². The highest BCUT2D eigenvalue weighted by atomic mass is 16.5. The Kier molecular flexibility index (Phi) is 5.19. The summed E-state index contributed by atoms with van der Waals surface area (Å²) in [4.78, 5) is 0. The van der Waals surface area contributed by atoms with Crippen LogP contribution in [0.2, 0.25) is 0 Å². The molecule has 7 heteroatoms. The fraction of sp³-hybridized carbons (Fsp3) is 0.455. The molecule has 2 aliphatic rings. The molecule has 2 heterocycles. The molecule has 0 bridgehead atoms. The van der Waals surface area contributed by atoms with E-state index in [1.54, 1.807) is 12.1 Å². The number of phenols is 2. The van der Waals surface area contributed by atoms with Crippen LogP contribution in [0.25, 0.3) is 0 Å². The summed E-state index contributed by atoms with van der Waals surface area (Å²) in [5.41, 5.74) is 2.59. The SMILES string of the molecule is COc1cc([C@H]2OCC3C2CO[C@@H]3c2cc(OC)c(O)c(OC)c2)cc(C)c1O. The van der Waals surface area contributed by atoms with Gasteiger partial charge in [-0.3, -0.25) is 0 Å². The van der Waals surface area contributed by atoms with Gasteiger partial charge >= 0.3 is 0 Å². The molecule has 2 saturated heterocycles. The third-order valence-electron chi connectivity index (χ3n) is 5.93. The lowest BCUT2D eigenvalue weighted by Gasteiger charge is -2.19. The van der Waals surface area contributed by atoms with Gasteiger partial charge in [0.1, 0.15) is 0 Å². The molecule has 4 rings (SSSR count). The zero-order chi connectivity index (χ0) is 20.7. The van der Waals surface area contributed by atoms with Crippen LogP contribution in [0.1, 0.15) is 28.9 Å². The van der Waals surface area contributed by atoms with Crippen molar-refractivity contribution >= 4 is 0 Å². The van der Waals surface area contributed by atoms with Gasteiger partial charge in [-0.05, 0) is 47.9 Å². The highest BCUT2D eigenvalue weighted by Crippen LogP contribution is 2.52. The maximum atomic E-state index is 10.2. The van der Waals surface area contributed by atoms with Crippen molar-refractivity contribution in [2.24, 2.45) is 11.8 Å². The van der Waals surface area contributed by atoms with Crippen molar-refractivity contribution in [3.63, 3.8) is 0 Å². The van der Waals surface area contributed by atoms with Crippen LogP contribution >= 0.6 is 0 Å². The Balaban J connectivity index is 1.63. The van der Waals surface area contributed by atoms with Gasteiger partial charge < -0.3 is 33.9 Å².